The maximum absolute atomic E-state index is 5.98. The second-order valence-electron chi connectivity index (χ2n) is 5.02. The molecular weight excluding hydrogens is 236 g/mol. The van der Waals surface area contributed by atoms with Crippen molar-refractivity contribution in [1.82, 2.24) is 4.98 Å². The molecule has 19 heavy (non-hydrogen) atoms. The van der Waals surface area contributed by atoms with Gasteiger partial charge in [0.25, 0.3) is 0 Å². The van der Waals surface area contributed by atoms with Crippen molar-refractivity contribution in [2.75, 3.05) is 0 Å². The largest absolute Gasteiger partial charge is 0.474 e. The third-order valence-corrected chi connectivity index (χ3v) is 3.78. The van der Waals surface area contributed by atoms with Crippen LogP contribution in [0.1, 0.15) is 22.9 Å². The number of ether oxygens (including phenoxy) is 1. The van der Waals surface area contributed by atoms with Gasteiger partial charge in [-0.05, 0) is 23.3 Å². The van der Waals surface area contributed by atoms with E-state index in [4.69, 9.17) is 9.73 Å². The van der Waals surface area contributed by atoms with E-state index in [0.717, 1.165) is 18.0 Å². The maximum Gasteiger partial charge on any atom is 0.190 e. The van der Waals surface area contributed by atoms with Crippen molar-refractivity contribution in [3.8, 4) is 0 Å². The Labute approximate surface area is 112 Å². The average Bonchev–Trinajstić information content (AvgIpc) is 2.97. The van der Waals surface area contributed by atoms with Gasteiger partial charge < -0.3 is 4.74 Å². The molecule has 0 radical (unpaired) electrons. The van der Waals surface area contributed by atoms with Crippen molar-refractivity contribution in [2.24, 2.45) is 4.99 Å². The van der Waals surface area contributed by atoms with Gasteiger partial charge in [-0.3, -0.25) is 4.98 Å². The first-order valence-corrected chi connectivity index (χ1v) is 6.61. The van der Waals surface area contributed by atoms with Crippen LogP contribution in [0.15, 0.2) is 53.7 Å². The summed E-state index contributed by atoms with van der Waals surface area (Å²) in [6.45, 7) is 0. The molecule has 2 atom stereocenters. The van der Waals surface area contributed by atoms with Crippen molar-refractivity contribution in [2.45, 2.75) is 25.0 Å². The van der Waals surface area contributed by atoms with Crippen LogP contribution < -0.4 is 0 Å². The van der Waals surface area contributed by atoms with Crippen molar-refractivity contribution in [1.29, 1.82) is 0 Å². The zero-order valence-electron chi connectivity index (χ0n) is 10.5. The summed E-state index contributed by atoms with van der Waals surface area (Å²) in [5.74, 6) is 0.822. The summed E-state index contributed by atoms with van der Waals surface area (Å²) >= 11 is 0. The lowest BCUT2D eigenvalue weighted by atomic mass is 10.1. The predicted octanol–water partition coefficient (Wildman–Crippen LogP) is 2.72. The first kappa shape index (κ1) is 10.7. The molecule has 2 unspecified atom stereocenters. The van der Waals surface area contributed by atoms with Gasteiger partial charge in [-0.1, -0.05) is 30.3 Å². The van der Waals surface area contributed by atoms with Gasteiger partial charge in [0.15, 0.2) is 5.90 Å². The minimum Gasteiger partial charge on any atom is -0.474 e. The van der Waals surface area contributed by atoms with E-state index in [1.54, 1.807) is 6.20 Å². The fourth-order valence-corrected chi connectivity index (χ4v) is 2.90. The van der Waals surface area contributed by atoms with Gasteiger partial charge in [-0.15, -0.1) is 0 Å². The molecule has 0 N–H and O–H groups in total. The van der Waals surface area contributed by atoms with E-state index in [0.29, 0.717) is 6.42 Å². The summed E-state index contributed by atoms with van der Waals surface area (Å²) in [6.07, 6.45) is 3.66. The molecule has 0 bridgehead atoms. The van der Waals surface area contributed by atoms with E-state index in [2.05, 4.69) is 29.2 Å². The van der Waals surface area contributed by atoms with Gasteiger partial charge in [0.1, 0.15) is 12.1 Å². The molecule has 1 aliphatic carbocycles. The fourth-order valence-electron chi connectivity index (χ4n) is 2.90. The summed E-state index contributed by atoms with van der Waals surface area (Å²) < 4.78 is 5.98. The van der Waals surface area contributed by atoms with E-state index in [-0.39, 0.29) is 12.1 Å². The molecule has 94 valence electrons. The Balaban J connectivity index is 1.59. The van der Waals surface area contributed by atoms with Crippen LogP contribution in [-0.4, -0.2) is 17.0 Å². The molecule has 0 saturated heterocycles. The topological polar surface area (TPSA) is 34.5 Å². The van der Waals surface area contributed by atoms with Crippen molar-refractivity contribution in [3.05, 3.63) is 65.5 Å². The second kappa shape index (κ2) is 4.19. The number of fused-ring (bicyclic) bond motifs is 3. The van der Waals surface area contributed by atoms with Gasteiger partial charge in [0.05, 0.1) is 6.42 Å². The highest BCUT2D eigenvalue weighted by Crippen LogP contribution is 2.39. The van der Waals surface area contributed by atoms with E-state index in [1.807, 2.05) is 18.2 Å². The molecular formula is C16H14N2O. The van der Waals surface area contributed by atoms with Crippen LogP contribution in [0.2, 0.25) is 0 Å². The Morgan fingerprint density at radius 2 is 2.00 bits per heavy atom. The highest BCUT2D eigenvalue weighted by Gasteiger charge is 2.38. The summed E-state index contributed by atoms with van der Waals surface area (Å²) in [6, 6.07) is 14.6. The minimum absolute atomic E-state index is 0.190. The number of rotatable bonds is 2. The van der Waals surface area contributed by atoms with Gasteiger partial charge >= 0.3 is 0 Å². The maximum atomic E-state index is 5.98. The molecule has 2 heterocycles. The van der Waals surface area contributed by atoms with Crippen LogP contribution in [0, 0.1) is 0 Å². The van der Waals surface area contributed by atoms with Crippen LogP contribution in [-0.2, 0) is 17.6 Å². The molecule has 0 amide bonds. The van der Waals surface area contributed by atoms with E-state index in [9.17, 15) is 0 Å². The molecule has 3 nitrogen and oxygen atoms in total. The smallest absolute Gasteiger partial charge is 0.190 e. The van der Waals surface area contributed by atoms with Crippen LogP contribution in [0.4, 0.5) is 0 Å². The van der Waals surface area contributed by atoms with Crippen molar-refractivity contribution < 1.29 is 4.74 Å². The summed E-state index contributed by atoms with van der Waals surface area (Å²) in [4.78, 5) is 9.06. The van der Waals surface area contributed by atoms with Crippen molar-refractivity contribution in [3.63, 3.8) is 0 Å². The Morgan fingerprint density at radius 1 is 1.11 bits per heavy atom. The first-order valence-electron chi connectivity index (χ1n) is 6.61. The molecule has 0 saturated carbocycles. The second-order valence-corrected chi connectivity index (χ2v) is 5.02. The Bertz CT molecular complexity index is 636. The van der Waals surface area contributed by atoms with Crippen molar-refractivity contribution >= 4 is 5.90 Å². The number of benzene rings is 1. The van der Waals surface area contributed by atoms with Crippen LogP contribution in [0.5, 0.6) is 0 Å². The van der Waals surface area contributed by atoms with E-state index >= 15 is 0 Å². The standard InChI is InChI=1S/C16H14N2O/c1-2-7-13-11(5-1)9-14-16(13)18-15(19-14)10-12-6-3-4-8-17-12/h1-8,14,16H,9-10H2. The third-order valence-electron chi connectivity index (χ3n) is 3.78. The molecule has 4 rings (SSSR count). The SMILES string of the molecule is c1ccc(CC2=NC3c4ccccc4CC3O2)nc1. The van der Waals surface area contributed by atoms with Gasteiger partial charge in [-0.2, -0.15) is 0 Å². The lowest BCUT2D eigenvalue weighted by molar-refractivity contribution is 0.202. The number of aromatic nitrogens is 1. The van der Waals surface area contributed by atoms with Crippen LogP contribution >= 0.6 is 0 Å². The zero-order valence-corrected chi connectivity index (χ0v) is 10.5. The summed E-state index contributed by atoms with van der Waals surface area (Å²) in [5.41, 5.74) is 3.70. The monoisotopic (exact) mass is 250 g/mol. The number of hydrogen-bond donors (Lipinski definition) is 0. The third kappa shape index (κ3) is 1.82. The molecule has 0 fully saturated rings. The lowest BCUT2D eigenvalue weighted by Gasteiger charge is -2.08. The molecule has 1 aromatic heterocycles. The molecule has 1 aromatic carbocycles. The van der Waals surface area contributed by atoms with Crippen LogP contribution in [0.25, 0.3) is 0 Å². The Kier molecular flexibility index (Phi) is 2.37. The fraction of sp³-hybridized carbons (Fsp3) is 0.250. The highest BCUT2D eigenvalue weighted by molar-refractivity contribution is 5.80. The molecule has 2 aliphatic rings. The Hall–Kier alpha value is -2.16. The normalized spacial score (nSPS) is 23.5. The zero-order chi connectivity index (χ0) is 12.7. The first-order chi connectivity index (χ1) is 9.40. The average molecular weight is 250 g/mol. The number of hydrogen-bond acceptors (Lipinski definition) is 3. The minimum atomic E-state index is 0.190. The number of pyridine rings is 1. The molecule has 3 heteroatoms. The van der Waals surface area contributed by atoms with Gasteiger partial charge in [0, 0.05) is 18.3 Å². The van der Waals surface area contributed by atoms with Gasteiger partial charge in [-0.25, -0.2) is 4.99 Å². The summed E-state index contributed by atoms with van der Waals surface area (Å²) in [7, 11) is 0. The predicted molar refractivity (Wildman–Crippen MR) is 73.1 cm³/mol. The van der Waals surface area contributed by atoms with E-state index in [1.165, 1.54) is 11.1 Å². The van der Waals surface area contributed by atoms with E-state index < -0.39 is 0 Å². The van der Waals surface area contributed by atoms with Gasteiger partial charge in [0.2, 0.25) is 0 Å². The highest BCUT2D eigenvalue weighted by atomic mass is 16.5. The van der Waals surface area contributed by atoms with Crippen LogP contribution in [0.3, 0.4) is 0 Å². The molecule has 2 aromatic rings. The quantitative estimate of drug-likeness (QED) is 0.821. The summed E-state index contributed by atoms with van der Waals surface area (Å²) in [5, 5.41) is 0. The number of aliphatic imine (C=N–C) groups is 1. The Morgan fingerprint density at radius 3 is 2.89 bits per heavy atom. The number of nitrogens with zero attached hydrogens (tertiary/aromatic N) is 2. The lowest BCUT2D eigenvalue weighted by Crippen LogP contribution is -2.14. The molecule has 1 aliphatic heterocycles. The molecule has 0 spiro atoms.